The SMILES string of the molecule is CC[C@H](CCCCN1CCN(C)CC1)CCOC. The van der Waals surface area contributed by atoms with Gasteiger partial charge in [0.05, 0.1) is 0 Å². The van der Waals surface area contributed by atoms with E-state index >= 15 is 0 Å². The van der Waals surface area contributed by atoms with Gasteiger partial charge < -0.3 is 14.5 Å². The largest absolute Gasteiger partial charge is 0.385 e. The normalized spacial score (nSPS) is 20.2. The molecule has 0 aromatic carbocycles. The molecule has 1 rings (SSSR count). The third kappa shape index (κ3) is 6.72. The summed E-state index contributed by atoms with van der Waals surface area (Å²) in [7, 11) is 4.03. The molecule has 0 amide bonds. The molecular weight excluding hydrogens is 224 g/mol. The van der Waals surface area contributed by atoms with Crippen molar-refractivity contribution >= 4 is 0 Å². The minimum absolute atomic E-state index is 0.873. The van der Waals surface area contributed by atoms with Crippen LogP contribution in [0.3, 0.4) is 0 Å². The number of ether oxygens (including phenoxy) is 1. The van der Waals surface area contributed by atoms with E-state index in [1.54, 1.807) is 7.11 Å². The van der Waals surface area contributed by atoms with Crippen LogP contribution in [0.25, 0.3) is 0 Å². The van der Waals surface area contributed by atoms with E-state index in [-0.39, 0.29) is 0 Å². The maximum atomic E-state index is 5.17. The number of piperazine rings is 1. The molecule has 3 heteroatoms. The first-order chi connectivity index (χ1) is 8.76. The Hall–Kier alpha value is -0.120. The first-order valence-electron chi connectivity index (χ1n) is 7.66. The Morgan fingerprint density at radius 1 is 1.06 bits per heavy atom. The van der Waals surface area contributed by atoms with Gasteiger partial charge >= 0.3 is 0 Å². The Balaban J connectivity index is 1.99. The molecule has 0 aromatic heterocycles. The lowest BCUT2D eigenvalue weighted by atomic mass is 9.96. The van der Waals surface area contributed by atoms with Gasteiger partial charge in [0.15, 0.2) is 0 Å². The topological polar surface area (TPSA) is 15.7 Å². The van der Waals surface area contributed by atoms with Crippen LogP contribution in [-0.2, 0) is 4.74 Å². The van der Waals surface area contributed by atoms with E-state index in [9.17, 15) is 0 Å². The van der Waals surface area contributed by atoms with E-state index < -0.39 is 0 Å². The lowest BCUT2D eigenvalue weighted by Gasteiger charge is -2.32. The maximum absolute atomic E-state index is 5.17. The summed E-state index contributed by atoms with van der Waals surface area (Å²) in [4.78, 5) is 5.05. The van der Waals surface area contributed by atoms with Crippen molar-refractivity contribution in [3.05, 3.63) is 0 Å². The molecule has 108 valence electrons. The van der Waals surface area contributed by atoms with Gasteiger partial charge in [-0.2, -0.15) is 0 Å². The molecular formula is C15H32N2O. The number of likely N-dealkylation sites (N-methyl/N-ethyl adjacent to an activating group) is 1. The smallest absolute Gasteiger partial charge is 0.0464 e. The van der Waals surface area contributed by atoms with E-state index in [4.69, 9.17) is 4.74 Å². The summed E-state index contributed by atoms with van der Waals surface area (Å²) < 4.78 is 5.17. The van der Waals surface area contributed by atoms with Crippen LogP contribution in [0.15, 0.2) is 0 Å². The van der Waals surface area contributed by atoms with Crippen LogP contribution in [0.1, 0.15) is 39.0 Å². The van der Waals surface area contributed by atoms with Crippen LogP contribution in [0.5, 0.6) is 0 Å². The van der Waals surface area contributed by atoms with E-state index in [1.807, 2.05) is 0 Å². The van der Waals surface area contributed by atoms with Gasteiger partial charge in [-0.05, 0) is 32.4 Å². The molecule has 0 unspecified atom stereocenters. The van der Waals surface area contributed by atoms with E-state index in [0.717, 1.165) is 12.5 Å². The van der Waals surface area contributed by atoms with Gasteiger partial charge in [-0.1, -0.05) is 26.2 Å². The third-order valence-electron chi connectivity index (χ3n) is 4.24. The molecule has 0 radical (unpaired) electrons. The predicted octanol–water partition coefficient (Wildman–Crippen LogP) is 2.47. The second-order valence-electron chi connectivity index (χ2n) is 5.70. The molecule has 0 spiro atoms. The maximum Gasteiger partial charge on any atom is 0.0464 e. The van der Waals surface area contributed by atoms with Crippen molar-refractivity contribution < 1.29 is 4.74 Å². The fourth-order valence-corrected chi connectivity index (χ4v) is 2.68. The number of rotatable bonds is 9. The summed E-state index contributed by atoms with van der Waals surface area (Å²) in [6, 6.07) is 0. The molecule has 0 bridgehead atoms. The summed E-state index contributed by atoms with van der Waals surface area (Å²) >= 11 is 0. The molecule has 1 aliphatic rings. The molecule has 3 nitrogen and oxygen atoms in total. The van der Waals surface area contributed by atoms with Crippen molar-refractivity contribution in [3.8, 4) is 0 Å². The van der Waals surface area contributed by atoms with Crippen LogP contribution in [0.2, 0.25) is 0 Å². The molecule has 0 N–H and O–H groups in total. The second kappa shape index (κ2) is 9.76. The number of methoxy groups -OCH3 is 1. The summed E-state index contributed by atoms with van der Waals surface area (Å²) in [6.07, 6.45) is 6.68. The highest BCUT2D eigenvalue weighted by atomic mass is 16.5. The van der Waals surface area contributed by atoms with Crippen molar-refractivity contribution in [1.82, 2.24) is 9.80 Å². The Bertz CT molecular complexity index is 184. The van der Waals surface area contributed by atoms with Crippen molar-refractivity contribution in [1.29, 1.82) is 0 Å². The van der Waals surface area contributed by atoms with Crippen molar-refractivity contribution in [2.45, 2.75) is 39.0 Å². The molecule has 0 aromatic rings. The average molecular weight is 256 g/mol. The summed E-state index contributed by atoms with van der Waals surface area (Å²) in [5.41, 5.74) is 0. The third-order valence-corrected chi connectivity index (χ3v) is 4.24. The highest BCUT2D eigenvalue weighted by Gasteiger charge is 2.13. The number of hydrogen-bond acceptors (Lipinski definition) is 3. The van der Waals surface area contributed by atoms with E-state index in [1.165, 1.54) is 64.8 Å². The van der Waals surface area contributed by atoms with Crippen molar-refractivity contribution in [2.75, 3.05) is 53.5 Å². The van der Waals surface area contributed by atoms with E-state index in [0.29, 0.717) is 0 Å². The quantitative estimate of drug-likeness (QED) is 0.589. The second-order valence-corrected chi connectivity index (χ2v) is 5.70. The molecule has 1 heterocycles. The van der Waals surface area contributed by atoms with Gasteiger partial charge in [0.25, 0.3) is 0 Å². The lowest BCUT2D eigenvalue weighted by molar-refractivity contribution is 0.149. The van der Waals surface area contributed by atoms with Crippen LogP contribution in [0, 0.1) is 5.92 Å². The molecule has 1 aliphatic heterocycles. The molecule has 1 fully saturated rings. The van der Waals surface area contributed by atoms with Crippen LogP contribution >= 0.6 is 0 Å². The van der Waals surface area contributed by atoms with Gasteiger partial charge in [0.1, 0.15) is 0 Å². The summed E-state index contributed by atoms with van der Waals surface area (Å²) in [5, 5.41) is 0. The summed E-state index contributed by atoms with van der Waals surface area (Å²) in [5.74, 6) is 0.873. The fraction of sp³-hybridized carbons (Fsp3) is 1.00. The Morgan fingerprint density at radius 3 is 2.39 bits per heavy atom. The Morgan fingerprint density at radius 2 is 1.78 bits per heavy atom. The minimum atomic E-state index is 0.873. The molecule has 0 aliphatic carbocycles. The van der Waals surface area contributed by atoms with Crippen LogP contribution in [-0.4, -0.2) is 63.3 Å². The Labute approximate surface area is 113 Å². The zero-order valence-electron chi connectivity index (χ0n) is 12.7. The number of nitrogens with zero attached hydrogens (tertiary/aromatic N) is 2. The zero-order chi connectivity index (χ0) is 13.2. The molecule has 1 saturated heterocycles. The predicted molar refractivity (Wildman–Crippen MR) is 78.1 cm³/mol. The zero-order valence-corrected chi connectivity index (χ0v) is 12.7. The van der Waals surface area contributed by atoms with Crippen molar-refractivity contribution in [2.24, 2.45) is 5.92 Å². The summed E-state index contributed by atoms with van der Waals surface area (Å²) in [6.45, 7) is 9.54. The van der Waals surface area contributed by atoms with Crippen molar-refractivity contribution in [3.63, 3.8) is 0 Å². The molecule has 1 atom stereocenters. The van der Waals surface area contributed by atoms with Gasteiger partial charge in [-0.3, -0.25) is 0 Å². The minimum Gasteiger partial charge on any atom is -0.385 e. The Kier molecular flexibility index (Phi) is 8.64. The van der Waals surface area contributed by atoms with Crippen LogP contribution in [0.4, 0.5) is 0 Å². The van der Waals surface area contributed by atoms with Gasteiger partial charge in [-0.15, -0.1) is 0 Å². The standard InChI is InChI=1S/C15H32N2O/c1-4-15(8-14-18-3)7-5-6-9-17-12-10-16(2)11-13-17/h15H,4-14H2,1-3H3/t15-/m1/s1. The number of unbranched alkanes of at least 4 members (excludes halogenated alkanes) is 1. The number of hydrogen-bond donors (Lipinski definition) is 0. The molecule has 0 saturated carbocycles. The van der Waals surface area contributed by atoms with Gasteiger partial charge in [0, 0.05) is 39.9 Å². The van der Waals surface area contributed by atoms with Crippen LogP contribution < -0.4 is 0 Å². The van der Waals surface area contributed by atoms with E-state index in [2.05, 4.69) is 23.8 Å². The first-order valence-corrected chi connectivity index (χ1v) is 7.66. The average Bonchev–Trinajstić information content (AvgIpc) is 2.40. The lowest BCUT2D eigenvalue weighted by Crippen LogP contribution is -2.44. The fourth-order valence-electron chi connectivity index (χ4n) is 2.68. The monoisotopic (exact) mass is 256 g/mol. The first kappa shape index (κ1) is 15.9. The van der Waals surface area contributed by atoms with Gasteiger partial charge in [0.2, 0.25) is 0 Å². The highest BCUT2D eigenvalue weighted by molar-refractivity contribution is 4.69. The highest BCUT2D eigenvalue weighted by Crippen LogP contribution is 2.16. The molecule has 18 heavy (non-hydrogen) atoms. The van der Waals surface area contributed by atoms with Gasteiger partial charge in [-0.25, -0.2) is 0 Å².